The number of piperazine rings is 1. The Balaban J connectivity index is 1.21. The Hall–Kier alpha value is -3.95. The van der Waals surface area contributed by atoms with Crippen LogP contribution in [0.4, 0.5) is 5.82 Å². The van der Waals surface area contributed by atoms with Gasteiger partial charge >= 0.3 is 0 Å². The maximum atomic E-state index is 12.8. The summed E-state index contributed by atoms with van der Waals surface area (Å²) in [4.78, 5) is 25.5. The van der Waals surface area contributed by atoms with Crippen molar-refractivity contribution in [2.24, 2.45) is 0 Å². The van der Waals surface area contributed by atoms with Crippen molar-refractivity contribution in [3.8, 4) is 22.8 Å². The lowest BCUT2D eigenvalue weighted by Gasteiger charge is -2.35. The van der Waals surface area contributed by atoms with Crippen LogP contribution in [0.25, 0.3) is 22.8 Å². The number of aromatic nitrogens is 5. The van der Waals surface area contributed by atoms with Gasteiger partial charge in [-0.15, -0.1) is 0 Å². The van der Waals surface area contributed by atoms with Crippen LogP contribution in [-0.4, -0.2) is 62.3 Å². The molecule has 4 aromatic heterocycles. The summed E-state index contributed by atoms with van der Waals surface area (Å²) in [5, 5.41) is 10.9. The number of furan rings is 1. The number of nitrogens with one attached hydrogen (secondary N) is 1. The highest BCUT2D eigenvalue weighted by Gasteiger charge is 2.25. The van der Waals surface area contributed by atoms with Gasteiger partial charge < -0.3 is 18.7 Å². The summed E-state index contributed by atoms with van der Waals surface area (Å²) in [6.07, 6.45) is 3.32. The number of rotatable bonds is 4. The Morgan fingerprint density at radius 1 is 1.17 bits per heavy atom. The van der Waals surface area contributed by atoms with E-state index in [1.807, 2.05) is 18.2 Å². The fourth-order valence-corrected chi connectivity index (χ4v) is 3.41. The molecule has 5 heterocycles. The zero-order valence-corrected chi connectivity index (χ0v) is 16.3. The molecule has 152 valence electrons. The van der Waals surface area contributed by atoms with Crippen LogP contribution in [0.1, 0.15) is 16.4 Å². The number of carbonyl (C=O) groups excluding carboxylic acids is 1. The van der Waals surface area contributed by atoms with Crippen LogP contribution in [0.5, 0.6) is 0 Å². The third-order valence-corrected chi connectivity index (χ3v) is 5.01. The first-order chi connectivity index (χ1) is 14.7. The average Bonchev–Trinajstić information content (AvgIpc) is 3.55. The molecule has 1 aliphatic rings. The summed E-state index contributed by atoms with van der Waals surface area (Å²) in [5.41, 5.74) is 1.87. The fraction of sp³-hybridized carbons (Fsp3) is 0.250. The molecule has 0 bridgehead atoms. The number of aromatic amines is 1. The Labute approximate surface area is 171 Å². The molecule has 0 radical (unpaired) electrons. The van der Waals surface area contributed by atoms with Gasteiger partial charge in [0.05, 0.1) is 6.26 Å². The highest BCUT2D eigenvalue weighted by Crippen LogP contribution is 2.21. The number of pyridine rings is 1. The Morgan fingerprint density at radius 3 is 2.70 bits per heavy atom. The predicted octanol–water partition coefficient (Wildman–Crippen LogP) is 2.39. The van der Waals surface area contributed by atoms with Gasteiger partial charge in [0.15, 0.2) is 11.5 Å². The normalized spacial score (nSPS) is 14.3. The van der Waals surface area contributed by atoms with Crippen molar-refractivity contribution >= 4 is 11.7 Å². The molecule has 0 aromatic carbocycles. The molecule has 30 heavy (non-hydrogen) atoms. The number of anilines is 1. The van der Waals surface area contributed by atoms with Crippen LogP contribution in [0.3, 0.4) is 0 Å². The van der Waals surface area contributed by atoms with Crippen LogP contribution < -0.4 is 4.90 Å². The van der Waals surface area contributed by atoms with Gasteiger partial charge in [-0.1, -0.05) is 5.16 Å². The minimum Gasteiger partial charge on any atom is -0.463 e. The minimum atomic E-state index is -0.0977. The van der Waals surface area contributed by atoms with E-state index in [1.165, 1.54) is 0 Å². The summed E-state index contributed by atoms with van der Waals surface area (Å²) in [5.74, 6) is 2.44. The lowest BCUT2D eigenvalue weighted by Crippen LogP contribution is -2.49. The second-order valence-electron chi connectivity index (χ2n) is 6.97. The van der Waals surface area contributed by atoms with Gasteiger partial charge in [0, 0.05) is 50.9 Å². The van der Waals surface area contributed by atoms with Crippen LogP contribution in [0.2, 0.25) is 0 Å². The molecular formula is C20H19N7O3. The molecule has 4 aromatic rings. The number of amides is 1. The quantitative estimate of drug-likeness (QED) is 0.550. The molecule has 1 N–H and O–H groups in total. The van der Waals surface area contributed by atoms with Crippen molar-refractivity contribution in [1.82, 2.24) is 30.2 Å². The van der Waals surface area contributed by atoms with Gasteiger partial charge in [0.2, 0.25) is 11.7 Å². The highest BCUT2D eigenvalue weighted by molar-refractivity contribution is 5.93. The number of hydrogen-bond donors (Lipinski definition) is 1. The average molecular weight is 405 g/mol. The van der Waals surface area contributed by atoms with Gasteiger partial charge in [-0.25, -0.2) is 4.98 Å². The Bertz CT molecular complexity index is 1140. The smallest absolute Gasteiger partial charge is 0.274 e. The Morgan fingerprint density at radius 2 is 2.03 bits per heavy atom. The van der Waals surface area contributed by atoms with Crippen molar-refractivity contribution in [2.75, 3.05) is 31.1 Å². The molecule has 0 spiro atoms. The van der Waals surface area contributed by atoms with Crippen molar-refractivity contribution in [1.29, 1.82) is 0 Å². The van der Waals surface area contributed by atoms with Crippen LogP contribution in [0, 0.1) is 6.92 Å². The van der Waals surface area contributed by atoms with Crippen molar-refractivity contribution in [3.05, 3.63) is 54.4 Å². The molecule has 1 amide bonds. The summed E-state index contributed by atoms with van der Waals surface area (Å²) in [6.45, 7) is 4.31. The first-order valence-corrected chi connectivity index (χ1v) is 9.57. The number of aryl methyl sites for hydroxylation is 1. The first-order valence-electron chi connectivity index (χ1n) is 9.57. The van der Waals surface area contributed by atoms with E-state index in [0.29, 0.717) is 55.0 Å². The molecule has 10 nitrogen and oxygen atoms in total. The minimum absolute atomic E-state index is 0.0977. The standard InChI is InChI=1S/C20H19N7O3/c1-13-22-19(25-30-13)14-4-5-18(21-12-14)26-6-8-27(9-7-26)20(28)16-11-15(23-24-16)17-3-2-10-29-17/h2-5,10-12H,6-9H2,1H3,(H,23,24). The van der Waals surface area contributed by atoms with E-state index >= 15 is 0 Å². The highest BCUT2D eigenvalue weighted by atomic mass is 16.5. The number of H-pyrrole nitrogens is 1. The first kappa shape index (κ1) is 18.1. The summed E-state index contributed by atoms with van der Waals surface area (Å²) in [7, 11) is 0. The van der Waals surface area contributed by atoms with Crippen molar-refractivity contribution in [2.45, 2.75) is 6.92 Å². The maximum Gasteiger partial charge on any atom is 0.274 e. The maximum absolute atomic E-state index is 12.8. The zero-order valence-electron chi connectivity index (χ0n) is 16.3. The van der Waals surface area contributed by atoms with Gasteiger partial charge in [-0.05, 0) is 24.3 Å². The van der Waals surface area contributed by atoms with E-state index in [0.717, 1.165) is 11.4 Å². The molecule has 10 heteroatoms. The largest absolute Gasteiger partial charge is 0.463 e. The molecule has 0 unspecified atom stereocenters. The molecular weight excluding hydrogens is 386 g/mol. The van der Waals surface area contributed by atoms with E-state index in [9.17, 15) is 4.79 Å². The van der Waals surface area contributed by atoms with Gasteiger partial charge in [0.1, 0.15) is 11.5 Å². The molecule has 1 aliphatic heterocycles. The topological polar surface area (TPSA) is 117 Å². The fourth-order valence-electron chi connectivity index (χ4n) is 3.41. The summed E-state index contributed by atoms with van der Waals surface area (Å²) < 4.78 is 10.3. The van der Waals surface area contributed by atoms with Crippen molar-refractivity contribution < 1.29 is 13.7 Å². The van der Waals surface area contributed by atoms with Gasteiger partial charge in [-0.2, -0.15) is 10.1 Å². The second kappa shape index (κ2) is 7.47. The molecule has 1 saturated heterocycles. The molecule has 0 atom stereocenters. The third-order valence-electron chi connectivity index (χ3n) is 5.01. The van der Waals surface area contributed by atoms with Gasteiger partial charge in [-0.3, -0.25) is 9.89 Å². The number of carbonyl (C=O) groups is 1. The molecule has 0 aliphatic carbocycles. The van der Waals surface area contributed by atoms with E-state index < -0.39 is 0 Å². The zero-order chi connectivity index (χ0) is 20.5. The van der Waals surface area contributed by atoms with Gasteiger partial charge in [0.25, 0.3) is 5.91 Å². The second-order valence-corrected chi connectivity index (χ2v) is 6.97. The SMILES string of the molecule is Cc1nc(-c2ccc(N3CCN(C(=O)c4cc(-c5ccco5)[nH]n4)CC3)nc2)no1. The molecule has 5 rings (SSSR count). The van der Waals surface area contributed by atoms with Crippen LogP contribution in [-0.2, 0) is 0 Å². The lowest BCUT2D eigenvalue weighted by molar-refractivity contribution is 0.0740. The molecule has 0 saturated carbocycles. The molecule has 1 fully saturated rings. The van der Waals surface area contributed by atoms with E-state index in [4.69, 9.17) is 8.94 Å². The third kappa shape index (κ3) is 3.43. The summed E-state index contributed by atoms with van der Waals surface area (Å²) in [6, 6.07) is 9.18. The van der Waals surface area contributed by atoms with E-state index in [2.05, 4.69) is 30.2 Å². The van der Waals surface area contributed by atoms with Crippen molar-refractivity contribution in [3.63, 3.8) is 0 Å². The predicted molar refractivity (Wildman–Crippen MR) is 107 cm³/mol. The summed E-state index contributed by atoms with van der Waals surface area (Å²) >= 11 is 0. The van der Waals surface area contributed by atoms with E-state index in [-0.39, 0.29) is 5.91 Å². The number of hydrogen-bond acceptors (Lipinski definition) is 8. The Kier molecular flexibility index (Phi) is 4.51. The lowest BCUT2D eigenvalue weighted by atomic mass is 10.2. The van der Waals surface area contributed by atoms with E-state index in [1.54, 1.807) is 36.4 Å². The monoisotopic (exact) mass is 405 g/mol. The van der Waals surface area contributed by atoms with Crippen LogP contribution >= 0.6 is 0 Å². The number of nitrogens with zero attached hydrogens (tertiary/aromatic N) is 6. The van der Waals surface area contributed by atoms with Crippen LogP contribution in [0.15, 0.2) is 51.7 Å².